The summed E-state index contributed by atoms with van der Waals surface area (Å²) in [5.41, 5.74) is 4.63. The SMILES string of the molecule is COc1cccc(CC(=O)N[C@H]2CC(C)(C)Cc3c2cnn3Cc2ccccc2)c1. The van der Waals surface area contributed by atoms with Crippen molar-refractivity contribution >= 4 is 5.91 Å². The van der Waals surface area contributed by atoms with Gasteiger partial charge in [-0.05, 0) is 41.5 Å². The molecule has 0 spiro atoms. The van der Waals surface area contributed by atoms with E-state index in [1.54, 1.807) is 7.11 Å². The summed E-state index contributed by atoms with van der Waals surface area (Å²) in [6, 6.07) is 18.0. The molecule has 30 heavy (non-hydrogen) atoms. The number of nitrogens with one attached hydrogen (secondary N) is 1. The molecule has 4 rings (SSSR count). The van der Waals surface area contributed by atoms with Crippen LogP contribution < -0.4 is 10.1 Å². The summed E-state index contributed by atoms with van der Waals surface area (Å²) in [4.78, 5) is 12.8. The van der Waals surface area contributed by atoms with Crippen molar-refractivity contribution in [2.45, 2.75) is 45.7 Å². The second-order valence-electron chi connectivity index (χ2n) is 8.88. The Kier molecular flexibility index (Phi) is 5.62. The van der Waals surface area contributed by atoms with Crippen LogP contribution in [0.3, 0.4) is 0 Å². The van der Waals surface area contributed by atoms with Crippen molar-refractivity contribution in [2.75, 3.05) is 7.11 Å². The van der Waals surface area contributed by atoms with Crippen molar-refractivity contribution < 1.29 is 9.53 Å². The van der Waals surface area contributed by atoms with Crippen LogP contribution in [-0.2, 0) is 24.2 Å². The fourth-order valence-corrected chi connectivity index (χ4v) is 4.33. The van der Waals surface area contributed by atoms with Crippen LogP contribution in [0.25, 0.3) is 0 Å². The Morgan fingerprint density at radius 3 is 2.70 bits per heavy atom. The van der Waals surface area contributed by atoms with Gasteiger partial charge in [0.25, 0.3) is 0 Å². The summed E-state index contributed by atoms with van der Waals surface area (Å²) in [5, 5.41) is 7.93. The Balaban J connectivity index is 1.52. The molecule has 0 aliphatic heterocycles. The first-order valence-electron chi connectivity index (χ1n) is 10.4. The highest BCUT2D eigenvalue weighted by molar-refractivity contribution is 5.79. The van der Waals surface area contributed by atoms with Crippen LogP contribution in [0.5, 0.6) is 5.75 Å². The number of aromatic nitrogens is 2. The molecule has 5 heteroatoms. The topological polar surface area (TPSA) is 56.1 Å². The number of ether oxygens (including phenoxy) is 1. The summed E-state index contributed by atoms with van der Waals surface area (Å²) in [6.45, 7) is 5.27. The highest BCUT2D eigenvalue weighted by Crippen LogP contribution is 2.40. The van der Waals surface area contributed by atoms with Crippen LogP contribution in [0.1, 0.15) is 48.7 Å². The van der Waals surface area contributed by atoms with Gasteiger partial charge in [-0.1, -0.05) is 56.3 Å². The molecule has 0 fully saturated rings. The molecule has 0 bridgehead atoms. The van der Waals surface area contributed by atoms with E-state index in [0.717, 1.165) is 36.3 Å². The number of methoxy groups -OCH3 is 1. The van der Waals surface area contributed by atoms with Crippen LogP contribution in [0.2, 0.25) is 0 Å². The Morgan fingerprint density at radius 1 is 1.17 bits per heavy atom. The zero-order valence-electron chi connectivity index (χ0n) is 17.9. The van der Waals surface area contributed by atoms with Gasteiger partial charge < -0.3 is 10.1 Å². The molecule has 1 aliphatic rings. The van der Waals surface area contributed by atoms with E-state index in [0.29, 0.717) is 6.42 Å². The van der Waals surface area contributed by atoms with Crippen molar-refractivity contribution in [1.82, 2.24) is 15.1 Å². The fraction of sp³-hybridized carbons (Fsp3) is 0.360. The molecule has 3 aromatic rings. The van der Waals surface area contributed by atoms with E-state index in [9.17, 15) is 4.79 Å². The van der Waals surface area contributed by atoms with E-state index in [1.807, 2.05) is 36.5 Å². The summed E-state index contributed by atoms with van der Waals surface area (Å²) in [5.74, 6) is 0.788. The zero-order chi connectivity index (χ0) is 21.1. The van der Waals surface area contributed by atoms with E-state index in [2.05, 4.69) is 53.2 Å². The molecule has 5 nitrogen and oxygen atoms in total. The van der Waals surface area contributed by atoms with Crippen molar-refractivity contribution in [3.05, 3.63) is 83.2 Å². The predicted octanol–water partition coefficient (Wildman–Crippen LogP) is 4.31. The Labute approximate surface area is 178 Å². The minimum Gasteiger partial charge on any atom is -0.497 e. The van der Waals surface area contributed by atoms with Gasteiger partial charge in [-0.3, -0.25) is 9.48 Å². The van der Waals surface area contributed by atoms with Crippen molar-refractivity contribution in [3.63, 3.8) is 0 Å². The molecular weight excluding hydrogens is 374 g/mol. The number of carbonyl (C=O) groups is 1. The van der Waals surface area contributed by atoms with Crippen LogP contribution in [0, 0.1) is 5.41 Å². The number of fused-ring (bicyclic) bond motifs is 1. The number of amides is 1. The second-order valence-corrected chi connectivity index (χ2v) is 8.88. The minimum absolute atomic E-state index is 0.0210. The molecule has 1 amide bonds. The number of benzene rings is 2. The lowest BCUT2D eigenvalue weighted by Gasteiger charge is -2.36. The fourth-order valence-electron chi connectivity index (χ4n) is 4.33. The summed E-state index contributed by atoms with van der Waals surface area (Å²) in [6.07, 6.45) is 4.13. The molecule has 2 aromatic carbocycles. The Morgan fingerprint density at radius 2 is 1.93 bits per heavy atom. The van der Waals surface area contributed by atoms with Gasteiger partial charge in [0, 0.05) is 11.3 Å². The lowest BCUT2D eigenvalue weighted by molar-refractivity contribution is -0.121. The maximum absolute atomic E-state index is 12.8. The molecule has 0 unspecified atom stereocenters. The number of nitrogens with zero attached hydrogens (tertiary/aromatic N) is 2. The van der Waals surface area contributed by atoms with Gasteiger partial charge in [0.05, 0.1) is 32.3 Å². The van der Waals surface area contributed by atoms with Crippen LogP contribution in [-0.4, -0.2) is 22.8 Å². The van der Waals surface area contributed by atoms with Crippen molar-refractivity contribution in [1.29, 1.82) is 0 Å². The third-order valence-corrected chi connectivity index (χ3v) is 5.77. The number of rotatable bonds is 6. The Bertz CT molecular complexity index is 1020. The van der Waals surface area contributed by atoms with Gasteiger partial charge in [-0.25, -0.2) is 0 Å². The zero-order valence-corrected chi connectivity index (χ0v) is 17.9. The lowest BCUT2D eigenvalue weighted by Crippen LogP contribution is -2.37. The summed E-state index contributed by atoms with van der Waals surface area (Å²) < 4.78 is 7.36. The first-order valence-corrected chi connectivity index (χ1v) is 10.4. The summed E-state index contributed by atoms with van der Waals surface area (Å²) >= 11 is 0. The molecule has 1 atom stereocenters. The van der Waals surface area contributed by atoms with E-state index in [-0.39, 0.29) is 17.4 Å². The molecule has 0 saturated heterocycles. The van der Waals surface area contributed by atoms with Gasteiger partial charge in [0.1, 0.15) is 5.75 Å². The van der Waals surface area contributed by atoms with E-state index in [1.165, 1.54) is 11.3 Å². The molecule has 0 saturated carbocycles. The number of hydrogen-bond donors (Lipinski definition) is 1. The normalized spacial score (nSPS) is 17.2. The van der Waals surface area contributed by atoms with Gasteiger partial charge >= 0.3 is 0 Å². The Hall–Kier alpha value is -3.08. The van der Waals surface area contributed by atoms with Crippen molar-refractivity contribution in [3.8, 4) is 5.75 Å². The highest BCUT2D eigenvalue weighted by Gasteiger charge is 2.35. The molecule has 0 radical (unpaired) electrons. The average Bonchev–Trinajstić information content (AvgIpc) is 3.10. The quantitative estimate of drug-likeness (QED) is 0.667. The predicted molar refractivity (Wildman–Crippen MR) is 117 cm³/mol. The smallest absolute Gasteiger partial charge is 0.224 e. The highest BCUT2D eigenvalue weighted by atomic mass is 16.5. The average molecular weight is 404 g/mol. The number of hydrogen-bond acceptors (Lipinski definition) is 3. The second kappa shape index (κ2) is 8.34. The molecule has 1 heterocycles. The maximum atomic E-state index is 12.8. The third-order valence-electron chi connectivity index (χ3n) is 5.77. The van der Waals surface area contributed by atoms with Gasteiger partial charge in [0.2, 0.25) is 5.91 Å². The van der Waals surface area contributed by atoms with E-state index < -0.39 is 0 Å². The van der Waals surface area contributed by atoms with E-state index >= 15 is 0 Å². The first-order chi connectivity index (χ1) is 14.4. The molecule has 1 N–H and O–H groups in total. The minimum atomic E-state index is -0.0219. The molecule has 1 aromatic heterocycles. The largest absolute Gasteiger partial charge is 0.497 e. The first kappa shape index (κ1) is 20.2. The van der Waals surface area contributed by atoms with Crippen LogP contribution in [0.15, 0.2) is 60.8 Å². The number of carbonyl (C=O) groups excluding carboxylic acids is 1. The standard InChI is InChI=1S/C25H29N3O2/c1-25(2)14-22(27-24(29)13-19-10-7-11-20(12-19)30-3)21-16-26-28(23(21)15-25)17-18-8-5-4-6-9-18/h4-12,16,22H,13-15,17H2,1-3H3,(H,27,29)/t22-/m0/s1. The molecule has 1 aliphatic carbocycles. The monoisotopic (exact) mass is 403 g/mol. The third kappa shape index (κ3) is 4.56. The van der Waals surface area contributed by atoms with Gasteiger partial charge in [0.15, 0.2) is 0 Å². The van der Waals surface area contributed by atoms with Gasteiger partial charge in [-0.15, -0.1) is 0 Å². The van der Waals surface area contributed by atoms with Gasteiger partial charge in [-0.2, -0.15) is 5.10 Å². The molecule has 156 valence electrons. The lowest BCUT2D eigenvalue weighted by atomic mass is 9.74. The van der Waals surface area contributed by atoms with Crippen LogP contribution in [0.4, 0.5) is 0 Å². The maximum Gasteiger partial charge on any atom is 0.224 e. The molecular formula is C25H29N3O2. The van der Waals surface area contributed by atoms with E-state index in [4.69, 9.17) is 4.74 Å². The van der Waals surface area contributed by atoms with Crippen molar-refractivity contribution in [2.24, 2.45) is 5.41 Å². The summed E-state index contributed by atoms with van der Waals surface area (Å²) in [7, 11) is 1.64. The van der Waals surface area contributed by atoms with Crippen LogP contribution >= 0.6 is 0 Å².